The van der Waals surface area contributed by atoms with Crippen LogP contribution in [0.2, 0.25) is 0 Å². The van der Waals surface area contributed by atoms with Crippen molar-refractivity contribution in [2.75, 3.05) is 38.0 Å². The number of aromatic nitrogens is 2. The molecule has 7 nitrogen and oxygen atoms in total. The second kappa shape index (κ2) is 7.79. The molecule has 2 fully saturated rings. The molecule has 128 valence electrons. The van der Waals surface area contributed by atoms with Gasteiger partial charge in [-0.25, -0.2) is 4.79 Å². The van der Waals surface area contributed by atoms with Crippen molar-refractivity contribution in [2.45, 2.75) is 44.8 Å². The molecule has 0 aliphatic carbocycles. The number of anilines is 1. The number of urea groups is 1. The van der Waals surface area contributed by atoms with E-state index >= 15 is 0 Å². The number of carbonyl (C=O) groups is 1. The lowest BCUT2D eigenvalue weighted by atomic mass is 10.1. The fraction of sp³-hybridized carbons (Fsp3) is 0.750. The predicted octanol–water partition coefficient (Wildman–Crippen LogP) is 1.36. The first-order valence-corrected chi connectivity index (χ1v) is 8.69. The molecular weight excluding hydrogens is 294 g/mol. The number of hydrogen-bond acceptors (Lipinski definition) is 4. The predicted molar refractivity (Wildman–Crippen MR) is 88.4 cm³/mol. The van der Waals surface area contributed by atoms with Crippen LogP contribution in [0, 0.1) is 0 Å². The Hall–Kier alpha value is -1.60. The molecule has 1 atom stereocenters. The van der Waals surface area contributed by atoms with Crippen LogP contribution in [0.15, 0.2) is 12.4 Å². The summed E-state index contributed by atoms with van der Waals surface area (Å²) in [4.78, 5) is 16.3. The smallest absolute Gasteiger partial charge is 0.322 e. The van der Waals surface area contributed by atoms with Crippen LogP contribution in [0.5, 0.6) is 0 Å². The highest BCUT2D eigenvalue weighted by Gasteiger charge is 2.22. The van der Waals surface area contributed by atoms with Crippen molar-refractivity contribution in [3.8, 4) is 0 Å². The Balaban J connectivity index is 1.45. The Bertz CT molecular complexity index is 512. The molecule has 0 saturated carbocycles. The number of aliphatic hydroxyl groups is 1. The second-order valence-corrected chi connectivity index (χ2v) is 6.57. The SMILES string of the molecule is O=C(Nc1cnn(CCN2CCCCC2)c1)N1CCCC(O)C1. The average molecular weight is 321 g/mol. The minimum absolute atomic E-state index is 0.153. The van der Waals surface area contributed by atoms with Gasteiger partial charge in [0.15, 0.2) is 0 Å². The maximum Gasteiger partial charge on any atom is 0.322 e. The number of piperidine rings is 2. The van der Waals surface area contributed by atoms with E-state index in [0.717, 1.165) is 25.9 Å². The third-order valence-corrected chi connectivity index (χ3v) is 4.66. The zero-order valence-corrected chi connectivity index (χ0v) is 13.7. The number of hydrogen-bond donors (Lipinski definition) is 2. The number of nitrogens with one attached hydrogen (secondary N) is 1. The Kier molecular flexibility index (Phi) is 5.51. The van der Waals surface area contributed by atoms with E-state index in [4.69, 9.17) is 0 Å². The summed E-state index contributed by atoms with van der Waals surface area (Å²) in [7, 11) is 0. The summed E-state index contributed by atoms with van der Waals surface area (Å²) in [6.07, 6.45) is 8.73. The van der Waals surface area contributed by atoms with E-state index in [0.29, 0.717) is 18.8 Å². The van der Waals surface area contributed by atoms with Crippen LogP contribution in [0.25, 0.3) is 0 Å². The maximum absolute atomic E-state index is 12.2. The van der Waals surface area contributed by atoms with Gasteiger partial charge in [0, 0.05) is 25.8 Å². The summed E-state index contributed by atoms with van der Waals surface area (Å²) in [6.45, 7) is 5.33. The minimum atomic E-state index is -0.401. The molecule has 0 aromatic carbocycles. The molecule has 2 aliphatic rings. The van der Waals surface area contributed by atoms with Crippen molar-refractivity contribution in [3.05, 3.63) is 12.4 Å². The zero-order chi connectivity index (χ0) is 16.1. The summed E-state index contributed by atoms with van der Waals surface area (Å²) in [5, 5.41) is 16.8. The quantitative estimate of drug-likeness (QED) is 0.878. The Labute approximate surface area is 137 Å². The number of amides is 2. The summed E-state index contributed by atoms with van der Waals surface area (Å²) in [6, 6.07) is -0.153. The van der Waals surface area contributed by atoms with E-state index in [-0.39, 0.29) is 6.03 Å². The number of likely N-dealkylation sites (tertiary alicyclic amines) is 2. The topological polar surface area (TPSA) is 73.6 Å². The molecule has 2 aliphatic heterocycles. The highest BCUT2D eigenvalue weighted by molar-refractivity contribution is 5.89. The highest BCUT2D eigenvalue weighted by atomic mass is 16.3. The van der Waals surface area contributed by atoms with Crippen molar-refractivity contribution >= 4 is 11.7 Å². The molecule has 2 amide bonds. The van der Waals surface area contributed by atoms with E-state index in [9.17, 15) is 9.90 Å². The van der Waals surface area contributed by atoms with Gasteiger partial charge < -0.3 is 20.2 Å². The van der Waals surface area contributed by atoms with Gasteiger partial charge in [0.05, 0.1) is 24.5 Å². The molecule has 2 saturated heterocycles. The lowest BCUT2D eigenvalue weighted by Gasteiger charge is -2.29. The van der Waals surface area contributed by atoms with Gasteiger partial charge in [0.25, 0.3) is 0 Å². The number of aliphatic hydroxyl groups excluding tert-OH is 1. The van der Waals surface area contributed by atoms with Crippen LogP contribution in [-0.2, 0) is 6.54 Å². The van der Waals surface area contributed by atoms with Crippen molar-refractivity contribution in [3.63, 3.8) is 0 Å². The number of rotatable bonds is 4. The lowest BCUT2D eigenvalue weighted by Crippen LogP contribution is -2.44. The van der Waals surface area contributed by atoms with Crippen LogP contribution in [-0.4, -0.2) is 69.5 Å². The van der Waals surface area contributed by atoms with Crippen molar-refractivity contribution < 1.29 is 9.90 Å². The Morgan fingerprint density at radius 3 is 2.83 bits per heavy atom. The van der Waals surface area contributed by atoms with Crippen LogP contribution < -0.4 is 5.32 Å². The third-order valence-electron chi connectivity index (χ3n) is 4.66. The summed E-state index contributed by atoms with van der Waals surface area (Å²) in [5.41, 5.74) is 0.716. The first kappa shape index (κ1) is 16.3. The van der Waals surface area contributed by atoms with E-state index in [1.54, 1.807) is 11.1 Å². The normalized spacial score (nSPS) is 23.0. The van der Waals surface area contributed by atoms with Gasteiger partial charge in [-0.1, -0.05) is 6.42 Å². The molecule has 3 rings (SSSR count). The number of carbonyl (C=O) groups excluding carboxylic acids is 1. The molecule has 0 radical (unpaired) electrons. The van der Waals surface area contributed by atoms with Crippen LogP contribution in [0.1, 0.15) is 32.1 Å². The molecule has 1 aromatic heterocycles. The van der Waals surface area contributed by atoms with Gasteiger partial charge in [0.2, 0.25) is 0 Å². The molecule has 1 aromatic rings. The lowest BCUT2D eigenvalue weighted by molar-refractivity contribution is 0.0883. The number of nitrogens with zero attached hydrogens (tertiary/aromatic N) is 4. The first-order chi connectivity index (χ1) is 11.2. The van der Waals surface area contributed by atoms with Gasteiger partial charge in [-0.15, -0.1) is 0 Å². The van der Waals surface area contributed by atoms with E-state index < -0.39 is 6.10 Å². The fourth-order valence-corrected chi connectivity index (χ4v) is 3.32. The van der Waals surface area contributed by atoms with Gasteiger partial charge >= 0.3 is 6.03 Å². The zero-order valence-electron chi connectivity index (χ0n) is 13.7. The molecule has 1 unspecified atom stereocenters. The second-order valence-electron chi connectivity index (χ2n) is 6.57. The molecule has 7 heteroatoms. The maximum atomic E-state index is 12.2. The van der Waals surface area contributed by atoms with Gasteiger partial charge in [0.1, 0.15) is 0 Å². The van der Waals surface area contributed by atoms with E-state index in [2.05, 4.69) is 15.3 Å². The molecule has 2 N–H and O–H groups in total. The summed E-state index contributed by atoms with van der Waals surface area (Å²) in [5.74, 6) is 0. The summed E-state index contributed by atoms with van der Waals surface area (Å²) >= 11 is 0. The standard InChI is InChI=1S/C16H27N5O2/c22-15-5-4-8-20(13-15)16(23)18-14-11-17-21(12-14)10-9-19-6-2-1-3-7-19/h11-12,15,22H,1-10,13H2,(H,18,23). The van der Waals surface area contributed by atoms with Crippen LogP contribution in [0.3, 0.4) is 0 Å². The molecule has 3 heterocycles. The molecule has 0 bridgehead atoms. The Morgan fingerprint density at radius 1 is 1.22 bits per heavy atom. The Morgan fingerprint density at radius 2 is 2.04 bits per heavy atom. The largest absolute Gasteiger partial charge is 0.391 e. The van der Waals surface area contributed by atoms with Crippen LogP contribution in [0.4, 0.5) is 10.5 Å². The average Bonchev–Trinajstić information content (AvgIpc) is 3.01. The third kappa shape index (κ3) is 4.68. The van der Waals surface area contributed by atoms with Crippen molar-refractivity contribution in [1.29, 1.82) is 0 Å². The summed E-state index contributed by atoms with van der Waals surface area (Å²) < 4.78 is 1.88. The van der Waals surface area contributed by atoms with Crippen molar-refractivity contribution in [1.82, 2.24) is 19.6 Å². The molecular formula is C16H27N5O2. The number of β-amino-alcohol motifs (C(OH)–C–C–N with tert-alkyl or cyclic N) is 1. The van der Waals surface area contributed by atoms with Crippen molar-refractivity contribution in [2.24, 2.45) is 0 Å². The molecule has 23 heavy (non-hydrogen) atoms. The van der Waals surface area contributed by atoms with E-state index in [1.165, 1.54) is 32.4 Å². The first-order valence-electron chi connectivity index (χ1n) is 8.69. The minimum Gasteiger partial charge on any atom is -0.391 e. The van der Waals surface area contributed by atoms with Crippen LogP contribution >= 0.6 is 0 Å². The monoisotopic (exact) mass is 321 g/mol. The highest BCUT2D eigenvalue weighted by Crippen LogP contribution is 2.13. The van der Waals surface area contributed by atoms with E-state index in [1.807, 2.05) is 10.9 Å². The molecule has 0 spiro atoms. The van der Waals surface area contributed by atoms with Gasteiger partial charge in [-0.2, -0.15) is 5.10 Å². The van der Waals surface area contributed by atoms with Gasteiger partial charge in [-0.3, -0.25) is 4.68 Å². The fourth-order valence-electron chi connectivity index (χ4n) is 3.32. The van der Waals surface area contributed by atoms with Gasteiger partial charge in [-0.05, 0) is 38.8 Å².